The van der Waals surface area contributed by atoms with Gasteiger partial charge >= 0.3 is 0 Å². The molecule has 1 saturated heterocycles. The lowest BCUT2D eigenvalue weighted by Gasteiger charge is -2.16. The van der Waals surface area contributed by atoms with E-state index in [-0.39, 0.29) is 24.1 Å². The number of amides is 1. The molecule has 8 heteroatoms. The molecule has 6 nitrogen and oxygen atoms in total. The van der Waals surface area contributed by atoms with Gasteiger partial charge in [-0.3, -0.25) is 9.10 Å². The second kappa shape index (κ2) is 9.87. The van der Waals surface area contributed by atoms with E-state index in [4.69, 9.17) is 4.74 Å². The molecular formula is C25H23FN2O4S. The molecule has 0 saturated carbocycles. The van der Waals surface area contributed by atoms with E-state index in [9.17, 15) is 17.6 Å². The molecule has 1 aliphatic rings. The van der Waals surface area contributed by atoms with Crippen molar-refractivity contribution >= 4 is 33.4 Å². The average Bonchev–Trinajstić information content (AvgIpc) is 3.17. The summed E-state index contributed by atoms with van der Waals surface area (Å²) in [7, 11) is -3.21. The van der Waals surface area contributed by atoms with E-state index in [0.717, 1.165) is 11.1 Å². The number of nitrogens with zero attached hydrogens (tertiary/aromatic N) is 1. The minimum Gasteiger partial charge on any atom is -0.489 e. The molecule has 1 heterocycles. The third kappa shape index (κ3) is 5.98. The Morgan fingerprint density at radius 1 is 1.06 bits per heavy atom. The van der Waals surface area contributed by atoms with Gasteiger partial charge in [-0.2, -0.15) is 0 Å². The SMILES string of the molecule is O=C(/C=C/c1ccc(N2CCCS2(=O)=O)cc1)Nc1cccc(OCc2ccc(F)cc2)c1. The number of benzene rings is 3. The van der Waals surface area contributed by atoms with Gasteiger partial charge in [0.05, 0.1) is 11.4 Å². The van der Waals surface area contributed by atoms with Crippen molar-refractivity contribution in [1.82, 2.24) is 0 Å². The van der Waals surface area contributed by atoms with Crippen molar-refractivity contribution in [2.45, 2.75) is 13.0 Å². The van der Waals surface area contributed by atoms with Crippen molar-refractivity contribution in [3.8, 4) is 5.75 Å². The number of rotatable bonds is 7. The van der Waals surface area contributed by atoms with Crippen molar-refractivity contribution in [2.24, 2.45) is 0 Å². The molecule has 1 fully saturated rings. The van der Waals surface area contributed by atoms with Gasteiger partial charge in [0.25, 0.3) is 0 Å². The Kier molecular flexibility index (Phi) is 6.74. The predicted octanol–water partition coefficient (Wildman–Crippen LogP) is 4.60. The van der Waals surface area contributed by atoms with Gasteiger partial charge < -0.3 is 10.1 Å². The lowest BCUT2D eigenvalue weighted by atomic mass is 10.2. The summed E-state index contributed by atoms with van der Waals surface area (Å²) in [5.74, 6) is 0.144. The number of nitrogens with one attached hydrogen (secondary N) is 1. The lowest BCUT2D eigenvalue weighted by molar-refractivity contribution is -0.111. The van der Waals surface area contributed by atoms with Gasteiger partial charge in [0.2, 0.25) is 15.9 Å². The lowest BCUT2D eigenvalue weighted by Crippen LogP contribution is -2.24. The molecule has 0 atom stereocenters. The van der Waals surface area contributed by atoms with Crippen LogP contribution < -0.4 is 14.4 Å². The Hall–Kier alpha value is -3.65. The minimum atomic E-state index is -3.21. The van der Waals surface area contributed by atoms with Crippen LogP contribution in [0, 0.1) is 5.82 Å². The summed E-state index contributed by atoms with van der Waals surface area (Å²) in [6.45, 7) is 0.777. The molecule has 1 amide bonds. The third-order valence-corrected chi connectivity index (χ3v) is 7.00. The summed E-state index contributed by atoms with van der Waals surface area (Å²) in [6, 6.07) is 20.1. The Labute approximate surface area is 192 Å². The highest BCUT2D eigenvalue weighted by atomic mass is 32.2. The number of carbonyl (C=O) groups excluding carboxylic acids is 1. The average molecular weight is 467 g/mol. The molecule has 0 bridgehead atoms. The molecule has 3 aromatic rings. The Morgan fingerprint density at radius 3 is 2.52 bits per heavy atom. The maximum atomic E-state index is 13.0. The Bertz CT molecular complexity index is 1260. The maximum absolute atomic E-state index is 13.0. The molecular weight excluding hydrogens is 443 g/mol. The van der Waals surface area contributed by atoms with Crippen molar-refractivity contribution < 1.29 is 22.3 Å². The molecule has 4 rings (SSSR count). The van der Waals surface area contributed by atoms with E-state index in [1.165, 1.54) is 22.5 Å². The van der Waals surface area contributed by atoms with Gasteiger partial charge in [0.1, 0.15) is 18.2 Å². The molecule has 0 aliphatic carbocycles. The molecule has 0 unspecified atom stereocenters. The zero-order valence-electron chi connectivity index (χ0n) is 17.8. The van der Waals surface area contributed by atoms with Crippen molar-refractivity contribution in [3.05, 3.63) is 95.8 Å². The fourth-order valence-corrected chi connectivity index (χ4v) is 5.01. The smallest absolute Gasteiger partial charge is 0.248 e. The second-order valence-electron chi connectivity index (χ2n) is 7.60. The van der Waals surface area contributed by atoms with Crippen LogP contribution >= 0.6 is 0 Å². The molecule has 3 aromatic carbocycles. The minimum absolute atomic E-state index is 0.174. The molecule has 170 valence electrons. The normalized spacial score (nSPS) is 15.0. The van der Waals surface area contributed by atoms with Gasteiger partial charge in [-0.15, -0.1) is 0 Å². The third-order valence-electron chi connectivity index (χ3n) is 5.13. The second-order valence-corrected chi connectivity index (χ2v) is 9.61. The number of anilines is 2. The van der Waals surface area contributed by atoms with Crippen LogP contribution in [0.3, 0.4) is 0 Å². The fraction of sp³-hybridized carbons (Fsp3) is 0.160. The summed E-state index contributed by atoms with van der Waals surface area (Å²) >= 11 is 0. The van der Waals surface area contributed by atoms with E-state index < -0.39 is 10.0 Å². The summed E-state index contributed by atoms with van der Waals surface area (Å²) in [5.41, 5.74) is 2.83. The van der Waals surface area contributed by atoms with Gasteiger partial charge in [-0.25, -0.2) is 12.8 Å². The van der Waals surface area contributed by atoms with Crippen LogP contribution in [0.25, 0.3) is 6.08 Å². The first-order chi connectivity index (χ1) is 15.9. The van der Waals surface area contributed by atoms with Crippen LogP contribution in [0.2, 0.25) is 0 Å². The van der Waals surface area contributed by atoms with Crippen LogP contribution in [-0.4, -0.2) is 26.6 Å². The number of ether oxygens (including phenoxy) is 1. The predicted molar refractivity (Wildman–Crippen MR) is 127 cm³/mol. The highest BCUT2D eigenvalue weighted by Gasteiger charge is 2.28. The molecule has 1 N–H and O–H groups in total. The molecule has 0 spiro atoms. The number of halogens is 1. The van der Waals surface area contributed by atoms with Crippen molar-refractivity contribution in [1.29, 1.82) is 0 Å². The van der Waals surface area contributed by atoms with Crippen LogP contribution in [0.15, 0.2) is 78.9 Å². The fourth-order valence-electron chi connectivity index (χ4n) is 3.45. The largest absolute Gasteiger partial charge is 0.489 e. The zero-order chi connectivity index (χ0) is 23.3. The highest BCUT2D eigenvalue weighted by Crippen LogP contribution is 2.24. The van der Waals surface area contributed by atoms with Crippen LogP contribution in [0.1, 0.15) is 17.5 Å². The van der Waals surface area contributed by atoms with Crippen LogP contribution in [-0.2, 0) is 21.4 Å². The number of sulfonamides is 1. The summed E-state index contributed by atoms with van der Waals surface area (Å²) in [4.78, 5) is 12.3. The first kappa shape index (κ1) is 22.5. The maximum Gasteiger partial charge on any atom is 0.248 e. The number of hydrogen-bond donors (Lipinski definition) is 1. The van der Waals surface area contributed by atoms with Crippen molar-refractivity contribution in [3.63, 3.8) is 0 Å². The van der Waals surface area contributed by atoms with Gasteiger partial charge in [0, 0.05) is 24.4 Å². The van der Waals surface area contributed by atoms with Gasteiger partial charge in [-0.1, -0.05) is 30.3 Å². The highest BCUT2D eigenvalue weighted by molar-refractivity contribution is 7.93. The number of carbonyl (C=O) groups is 1. The summed E-state index contributed by atoms with van der Waals surface area (Å²) in [5, 5.41) is 2.78. The van der Waals surface area contributed by atoms with Gasteiger partial charge in [0.15, 0.2) is 0 Å². The van der Waals surface area contributed by atoms with E-state index in [1.807, 2.05) is 0 Å². The topological polar surface area (TPSA) is 75.7 Å². The quantitative estimate of drug-likeness (QED) is 0.517. The molecule has 0 aromatic heterocycles. The summed E-state index contributed by atoms with van der Waals surface area (Å²) in [6.07, 6.45) is 3.70. The van der Waals surface area contributed by atoms with Crippen LogP contribution in [0.4, 0.5) is 15.8 Å². The first-order valence-corrected chi connectivity index (χ1v) is 12.1. The van der Waals surface area contributed by atoms with Gasteiger partial charge in [-0.05, 0) is 60.0 Å². The number of hydrogen-bond acceptors (Lipinski definition) is 4. The standard InChI is InChI=1S/C25H23FN2O4S/c26-21-10-5-20(6-11-21)18-32-24-4-1-3-22(17-24)27-25(29)14-9-19-7-12-23(13-8-19)28-15-2-16-33(28,30)31/h1,3-14,17H,2,15-16,18H2,(H,27,29)/b14-9+. The van der Waals surface area contributed by atoms with E-state index >= 15 is 0 Å². The van der Waals surface area contributed by atoms with Crippen molar-refractivity contribution in [2.75, 3.05) is 21.9 Å². The molecule has 33 heavy (non-hydrogen) atoms. The van der Waals surface area contributed by atoms with E-state index in [1.54, 1.807) is 66.7 Å². The Morgan fingerprint density at radius 2 is 1.82 bits per heavy atom. The summed E-state index contributed by atoms with van der Waals surface area (Å²) < 4.78 is 44.2. The molecule has 1 aliphatic heterocycles. The van der Waals surface area contributed by atoms with E-state index in [0.29, 0.717) is 30.1 Å². The Balaban J connectivity index is 1.33. The molecule has 0 radical (unpaired) electrons. The van der Waals surface area contributed by atoms with Crippen LogP contribution in [0.5, 0.6) is 5.75 Å². The monoisotopic (exact) mass is 466 g/mol. The van der Waals surface area contributed by atoms with E-state index in [2.05, 4.69) is 5.32 Å². The zero-order valence-corrected chi connectivity index (χ0v) is 18.6. The first-order valence-electron chi connectivity index (χ1n) is 10.5.